The number of benzene rings is 6. The molecule has 1 aromatic heterocycles. The first kappa shape index (κ1) is 18.5. The second-order valence-corrected chi connectivity index (χ2v) is 10.4. The van der Waals surface area contributed by atoms with Crippen LogP contribution >= 0.6 is 11.3 Å². The average molecular weight is 449 g/mol. The molecule has 0 saturated heterocycles. The molecule has 1 aliphatic carbocycles. The van der Waals surface area contributed by atoms with Crippen molar-refractivity contribution >= 4 is 76.0 Å². The maximum atomic E-state index is 2.41. The van der Waals surface area contributed by atoms with E-state index in [0.29, 0.717) is 0 Å². The van der Waals surface area contributed by atoms with Gasteiger partial charge in [-0.1, -0.05) is 78.9 Å². The van der Waals surface area contributed by atoms with E-state index in [1.54, 1.807) is 0 Å². The minimum absolute atomic E-state index is 0.971. The van der Waals surface area contributed by atoms with Gasteiger partial charge in [0.15, 0.2) is 0 Å². The topological polar surface area (TPSA) is 0 Å². The van der Waals surface area contributed by atoms with Crippen LogP contribution in [0, 0.1) is 0 Å². The van der Waals surface area contributed by atoms with Crippen molar-refractivity contribution in [1.29, 1.82) is 0 Å². The van der Waals surface area contributed by atoms with Gasteiger partial charge < -0.3 is 0 Å². The number of allylic oxidation sites excluding steroid dienone is 1. The van der Waals surface area contributed by atoms with E-state index in [-0.39, 0.29) is 0 Å². The van der Waals surface area contributed by atoms with Crippen LogP contribution in [-0.4, -0.2) is 0 Å². The van der Waals surface area contributed by atoms with Crippen molar-refractivity contribution < 1.29 is 0 Å². The molecular formula is C33H20S. The molecule has 1 heteroatoms. The smallest absolute Gasteiger partial charge is 0.0361 e. The zero-order valence-corrected chi connectivity index (χ0v) is 19.3. The fraction of sp³-hybridized carbons (Fsp3) is 0.0303. The minimum Gasteiger partial charge on any atom is -0.135 e. The molecule has 0 aliphatic heterocycles. The number of rotatable bonds is 1. The van der Waals surface area contributed by atoms with E-state index >= 15 is 0 Å². The summed E-state index contributed by atoms with van der Waals surface area (Å²) in [6, 6.07) is 34.1. The highest BCUT2D eigenvalue weighted by atomic mass is 32.1. The first-order valence-corrected chi connectivity index (χ1v) is 12.7. The molecule has 0 spiro atoms. The molecule has 0 bridgehead atoms. The van der Waals surface area contributed by atoms with Gasteiger partial charge in [-0.3, -0.25) is 0 Å². The molecule has 7 aromatic rings. The third-order valence-electron chi connectivity index (χ3n) is 7.38. The maximum Gasteiger partial charge on any atom is 0.0361 e. The molecule has 0 nitrogen and oxygen atoms in total. The van der Waals surface area contributed by atoms with Gasteiger partial charge in [0.1, 0.15) is 0 Å². The lowest BCUT2D eigenvalue weighted by molar-refractivity contribution is 1.51. The highest BCUT2D eigenvalue weighted by Crippen LogP contribution is 2.41. The lowest BCUT2D eigenvalue weighted by Gasteiger charge is -2.15. The predicted molar refractivity (Wildman–Crippen MR) is 151 cm³/mol. The lowest BCUT2D eigenvalue weighted by Crippen LogP contribution is -2.04. The van der Waals surface area contributed by atoms with Crippen molar-refractivity contribution in [3.8, 4) is 11.1 Å². The Morgan fingerprint density at radius 2 is 1.41 bits per heavy atom. The zero-order chi connectivity index (χ0) is 22.2. The molecule has 1 heterocycles. The molecule has 34 heavy (non-hydrogen) atoms. The summed E-state index contributed by atoms with van der Waals surface area (Å²) >= 11 is 1.89. The van der Waals surface area contributed by atoms with E-state index in [4.69, 9.17) is 0 Å². The highest BCUT2D eigenvalue weighted by Gasteiger charge is 2.15. The van der Waals surface area contributed by atoms with E-state index < -0.39 is 0 Å². The SMILES string of the molecule is C1=Cc2c(-c3ccc4sc5cc6ccccc6cc5c4c3)cc3cccc4ccc(c2c43)=CC1. The van der Waals surface area contributed by atoms with E-state index in [1.807, 2.05) is 11.3 Å². The predicted octanol–water partition coefficient (Wildman–Crippen LogP) is 9.10. The third-order valence-corrected chi connectivity index (χ3v) is 8.51. The van der Waals surface area contributed by atoms with Gasteiger partial charge in [0.05, 0.1) is 0 Å². The highest BCUT2D eigenvalue weighted by molar-refractivity contribution is 7.25. The van der Waals surface area contributed by atoms with Crippen LogP contribution in [0.1, 0.15) is 12.0 Å². The van der Waals surface area contributed by atoms with Gasteiger partial charge in [-0.05, 0) is 91.0 Å². The van der Waals surface area contributed by atoms with Crippen LogP contribution in [0.3, 0.4) is 0 Å². The van der Waals surface area contributed by atoms with Gasteiger partial charge in [0.2, 0.25) is 0 Å². The fourth-order valence-corrected chi connectivity index (χ4v) is 6.91. The Morgan fingerprint density at radius 1 is 0.588 bits per heavy atom. The van der Waals surface area contributed by atoms with Crippen LogP contribution in [-0.2, 0) is 0 Å². The summed E-state index contributed by atoms with van der Waals surface area (Å²) in [5.74, 6) is 0. The van der Waals surface area contributed by atoms with Crippen molar-refractivity contribution in [3.05, 3.63) is 108 Å². The second kappa shape index (κ2) is 6.79. The van der Waals surface area contributed by atoms with Crippen molar-refractivity contribution in [2.45, 2.75) is 6.42 Å². The molecular weight excluding hydrogens is 428 g/mol. The summed E-state index contributed by atoms with van der Waals surface area (Å²) in [7, 11) is 0. The monoisotopic (exact) mass is 448 g/mol. The van der Waals surface area contributed by atoms with Crippen molar-refractivity contribution in [2.75, 3.05) is 0 Å². The van der Waals surface area contributed by atoms with Crippen LogP contribution in [0.4, 0.5) is 0 Å². The van der Waals surface area contributed by atoms with Gasteiger partial charge in [-0.25, -0.2) is 0 Å². The Labute approximate surface area is 201 Å². The van der Waals surface area contributed by atoms with Gasteiger partial charge in [0.25, 0.3) is 0 Å². The Hall–Kier alpha value is -3.94. The summed E-state index contributed by atoms with van der Waals surface area (Å²) < 4.78 is 2.71. The number of hydrogen-bond donors (Lipinski definition) is 0. The Kier molecular flexibility index (Phi) is 3.69. The normalized spacial score (nSPS) is 13.3. The largest absolute Gasteiger partial charge is 0.135 e. The number of hydrogen-bond acceptors (Lipinski definition) is 1. The minimum atomic E-state index is 0.971. The molecule has 0 fully saturated rings. The second-order valence-electron chi connectivity index (χ2n) is 9.30. The van der Waals surface area contributed by atoms with Crippen molar-refractivity contribution in [2.24, 2.45) is 0 Å². The Bertz CT molecular complexity index is 2030. The fourth-order valence-electron chi connectivity index (χ4n) is 5.79. The van der Waals surface area contributed by atoms with Crippen LogP contribution in [0.5, 0.6) is 0 Å². The van der Waals surface area contributed by atoms with E-state index in [0.717, 1.165) is 6.42 Å². The molecule has 158 valence electrons. The van der Waals surface area contributed by atoms with Gasteiger partial charge in [-0.15, -0.1) is 11.3 Å². The van der Waals surface area contributed by atoms with E-state index in [2.05, 4.69) is 109 Å². The Balaban J connectivity index is 1.48. The first-order valence-electron chi connectivity index (χ1n) is 11.8. The molecule has 0 atom stereocenters. The van der Waals surface area contributed by atoms with Crippen LogP contribution < -0.4 is 5.22 Å². The zero-order valence-electron chi connectivity index (χ0n) is 18.5. The maximum absolute atomic E-state index is 2.41. The van der Waals surface area contributed by atoms with E-state index in [9.17, 15) is 0 Å². The van der Waals surface area contributed by atoms with E-state index in [1.165, 1.54) is 74.4 Å². The summed E-state index contributed by atoms with van der Waals surface area (Å²) in [6.45, 7) is 0. The summed E-state index contributed by atoms with van der Waals surface area (Å²) in [6.07, 6.45) is 7.97. The molecule has 1 aliphatic rings. The molecule has 8 rings (SSSR count). The third kappa shape index (κ3) is 2.53. The summed E-state index contributed by atoms with van der Waals surface area (Å²) in [5.41, 5.74) is 3.96. The standard InChI is InChI=1S/C33H20S/c1-2-8-23-19-31-29(16-22(23)7-1)28-17-24(14-15-30(28)34-31)27-18-25-10-5-9-20-12-13-21-6-3-4-11-26(27)33(21)32(20)25/h1-2,4-19H,3H2. The summed E-state index contributed by atoms with van der Waals surface area (Å²) in [4.78, 5) is 0. The van der Waals surface area contributed by atoms with Crippen LogP contribution in [0.25, 0.3) is 75.8 Å². The first-order chi connectivity index (χ1) is 16.8. The van der Waals surface area contributed by atoms with Crippen LogP contribution in [0.15, 0.2) is 97.1 Å². The van der Waals surface area contributed by atoms with Crippen LogP contribution in [0.2, 0.25) is 0 Å². The number of fused-ring (bicyclic) bond motifs is 4. The van der Waals surface area contributed by atoms with Crippen molar-refractivity contribution in [1.82, 2.24) is 0 Å². The Morgan fingerprint density at radius 3 is 2.35 bits per heavy atom. The molecule has 6 aromatic carbocycles. The van der Waals surface area contributed by atoms with Crippen molar-refractivity contribution in [3.63, 3.8) is 0 Å². The molecule has 0 radical (unpaired) electrons. The quantitative estimate of drug-likeness (QED) is 0.235. The molecule has 0 saturated carbocycles. The van der Waals surface area contributed by atoms with Gasteiger partial charge in [-0.2, -0.15) is 0 Å². The molecule has 0 unspecified atom stereocenters. The van der Waals surface area contributed by atoms with Gasteiger partial charge >= 0.3 is 0 Å². The number of thiophene rings is 1. The lowest BCUT2D eigenvalue weighted by atomic mass is 9.88. The average Bonchev–Trinajstić information content (AvgIpc) is 3.07. The molecule has 0 amide bonds. The summed E-state index contributed by atoms with van der Waals surface area (Å²) in [5, 5.41) is 12.1. The van der Waals surface area contributed by atoms with Gasteiger partial charge in [0, 0.05) is 20.2 Å². The molecule has 0 N–H and O–H groups in total.